The lowest BCUT2D eigenvalue weighted by Crippen LogP contribution is -2.07. The van der Waals surface area contributed by atoms with Crippen molar-refractivity contribution in [1.82, 2.24) is 0 Å². The van der Waals surface area contributed by atoms with Crippen molar-refractivity contribution in [3.8, 4) is 5.75 Å². The summed E-state index contributed by atoms with van der Waals surface area (Å²) >= 11 is 2.85. The Bertz CT molecular complexity index is 658. The van der Waals surface area contributed by atoms with Gasteiger partial charge in [-0.3, -0.25) is 0 Å². The molecule has 0 fully saturated rings. The molecule has 7 heteroatoms. The number of hydrogen-bond donors (Lipinski definition) is 2. The van der Waals surface area contributed by atoms with E-state index in [1.807, 2.05) is 0 Å². The second-order valence-corrected chi connectivity index (χ2v) is 5.19. The molecule has 2 aromatic carbocycles. The Kier molecular flexibility index (Phi) is 4.41. The summed E-state index contributed by atoms with van der Waals surface area (Å²) in [7, 11) is 0. The van der Waals surface area contributed by atoms with Crippen LogP contribution in [0, 0.1) is 5.82 Å². The van der Waals surface area contributed by atoms with Crippen LogP contribution in [0.25, 0.3) is 0 Å². The van der Waals surface area contributed by atoms with Crippen molar-refractivity contribution >= 4 is 21.6 Å². The smallest absolute Gasteiger partial charge is 0.417 e. The molecule has 0 aliphatic heterocycles. The topological polar surface area (TPSA) is 32.3 Å². The predicted molar refractivity (Wildman–Crippen MR) is 74.5 cm³/mol. The number of aromatic hydroxyl groups is 1. The maximum atomic E-state index is 13.1. The molecule has 0 radical (unpaired) electrons. The van der Waals surface area contributed by atoms with Gasteiger partial charge in [-0.25, -0.2) is 4.39 Å². The molecular formula is C14H10BrF4NO. The van der Waals surface area contributed by atoms with E-state index in [9.17, 15) is 17.6 Å². The van der Waals surface area contributed by atoms with E-state index in [0.29, 0.717) is 5.56 Å². The number of hydrogen-bond acceptors (Lipinski definition) is 2. The summed E-state index contributed by atoms with van der Waals surface area (Å²) in [6.07, 6.45) is -4.46. The first-order valence-electron chi connectivity index (χ1n) is 5.85. The molecule has 0 saturated carbocycles. The third kappa shape index (κ3) is 3.87. The normalized spacial score (nSPS) is 11.5. The number of anilines is 1. The molecule has 0 aliphatic carbocycles. The van der Waals surface area contributed by atoms with Crippen molar-refractivity contribution in [2.75, 3.05) is 5.32 Å². The van der Waals surface area contributed by atoms with E-state index in [0.717, 1.165) is 12.1 Å². The summed E-state index contributed by atoms with van der Waals surface area (Å²) in [5, 5.41) is 11.8. The Hall–Kier alpha value is -1.76. The zero-order valence-electron chi connectivity index (χ0n) is 10.5. The van der Waals surface area contributed by atoms with Crippen molar-refractivity contribution < 1.29 is 22.7 Å². The van der Waals surface area contributed by atoms with Crippen LogP contribution in [0.2, 0.25) is 0 Å². The zero-order chi connectivity index (χ0) is 15.6. The van der Waals surface area contributed by atoms with Crippen molar-refractivity contribution in [3.05, 3.63) is 57.8 Å². The molecule has 2 N–H and O–H groups in total. The van der Waals surface area contributed by atoms with Gasteiger partial charge in [-0.1, -0.05) is 22.0 Å². The van der Waals surface area contributed by atoms with E-state index < -0.39 is 23.3 Å². The highest BCUT2D eigenvalue weighted by atomic mass is 79.9. The van der Waals surface area contributed by atoms with E-state index >= 15 is 0 Å². The molecule has 0 spiro atoms. The molecule has 0 atom stereocenters. The van der Waals surface area contributed by atoms with Gasteiger partial charge in [0.2, 0.25) is 0 Å². The van der Waals surface area contributed by atoms with Gasteiger partial charge < -0.3 is 10.4 Å². The lowest BCUT2D eigenvalue weighted by Gasteiger charge is -2.12. The van der Waals surface area contributed by atoms with Crippen LogP contribution in [0.1, 0.15) is 11.1 Å². The quantitative estimate of drug-likeness (QED) is 0.758. The molecule has 0 amide bonds. The molecule has 0 heterocycles. The number of halogens is 5. The Balaban J connectivity index is 2.15. The van der Waals surface area contributed by atoms with E-state index in [1.54, 1.807) is 0 Å². The van der Waals surface area contributed by atoms with Crippen LogP contribution >= 0.6 is 15.9 Å². The maximum Gasteiger partial charge on any atom is 0.417 e. The lowest BCUT2D eigenvalue weighted by atomic mass is 10.1. The van der Waals surface area contributed by atoms with E-state index in [2.05, 4.69) is 21.2 Å². The van der Waals surface area contributed by atoms with Gasteiger partial charge in [-0.15, -0.1) is 0 Å². The highest BCUT2D eigenvalue weighted by Crippen LogP contribution is 2.36. The summed E-state index contributed by atoms with van der Waals surface area (Å²) in [5.41, 5.74) is -0.0230. The van der Waals surface area contributed by atoms with Crippen LogP contribution in [0.5, 0.6) is 5.75 Å². The third-order valence-corrected chi connectivity index (χ3v) is 3.47. The van der Waals surface area contributed by atoms with Crippen LogP contribution in [0.15, 0.2) is 40.9 Å². The molecule has 0 aliphatic rings. The minimum Gasteiger partial charge on any atom is -0.505 e. The monoisotopic (exact) mass is 363 g/mol. The molecular weight excluding hydrogens is 354 g/mol. The Morgan fingerprint density at radius 1 is 1.10 bits per heavy atom. The number of phenols is 1. The van der Waals surface area contributed by atoms with E-state index in [-0.39, 0.29) is 16.7 Å². The summed E-state index contributed by atoms with van der Waals surface area (Å²) in [5.74, 6) is -1.25. The molecule has 0 bridgehead atoms. The fourth-order valence-electron chi connectivity index (χ4n) is 1.72. The zero-order valence-corrected chi connectivity index (χ0v) is 12.1. The highest BCUT2D eigenvalue weighted by Gasteiger charge is 2.33. The first kappa shape index (κ1) is 15.6. The lowest BCUT2D eigenvalue weighted by molar-refractivity contribution is -0.138. The van der Waals surface area contributed by atoms with Gasteiger partial charge in [0.25, 0.3) is 0 Å². The maximum absolute atomic E-state index is 13.1. The molecule has 0 saturated heterocycles. The average Bonchev–Trinajstić information content (AvgIpc) is 2.40. The van der Waals surface area contributed by atoms with Crippen LogP contribution in [0.4, 0.5) is 23.2 Å². The predicted octanol–water partition coefficient (Wildman–Crippen LogP) is 4.92. The molecule has 112 valence electrons. The highest BCUT2D eigenvalue weighted by molar-refractivity contribution is 9.10. The fourth-order valence-corrected chi connectivity index (χ4v) is 2.19. The van der Waals surface area contributed by atoms with E-state index in [4.69, 9.17) is 5.11 Å². The van der Waals surface area contributed by atoms with Crippen LogP contribution < -0.4 is 5.32 Å². The first-order chi connectivity index (χ1) is 9.77. The molecule has 21 heavy (non-hydrogen) atoms. The summed E-state index contributed by atoms with van der Waals surface area (Å²) in [4.78, 5) is 0. The van der Waals surface area contributed by atoms with Gasteiger partial charge in [0.05, 0.1) is 5.56 Å². The van der Waals surface area contributed by atoms with Gasteiger partial charge in [0.1, 0.15) is 0 Å². The standard InChI is InChI=1S/C14H10BrF4NO/c15-11-3-2-9(6-10(11)14(17,18)19)20-7-8-1-4-13(21)12(16)5-8/h1-6,20-21H,7H2. The average molecular weight is 364 g/mol. The fraction of sp³-hybridized carbons (Fsp3) is 0.143. The largest absolute Gasteiger partial charge is 0.505 e. The molecule has 2 nitrogen and oxygen atoms in total. The second-order valence-electron chi connectivity index (χ2n) is 4.33. The molecule has 2 aromatic rings. The SMILES string of the molecule is Oc1ccc(CNc2ccc(Br)c(C(F)(F)F)c2)cc1F. The van der Waals surface area contributed by atoms with Crippen molar-refractivity contribution in [2.24, 2.45) is 0 Å². The van der Waals surface area contributed by atoms with Crippen molar-refractivity contribution in [3.63, 3.8) is 0 Å². The van der Waals surface area contributed by atoms with Gasteiger partial charge in [-0.2, -0.15) is 13.2 Å². The van der Waals surface area contributed by atoms with Gasteiger partial charge in [0, 0.05) is 16.7 Å². The van der Waals surface area contributed by atoms with Crippen molar-refractivity contribution in [1.29, 1.82) is 0 Å². The minimum absolute atomic E-state index is 0.0452. The number of rotatable bonds is 3. The first-order valence-corrected chi connectivity index (χ1v) is 6.64. The van der Waals surface area contributed by atoms with Gasteiger partial charge >= 0.3 is 6.18 Å². The second kappa shape index (κ2) is 5.93. The van der Waals surface area contributed by atoms with E-state index in [1.165, 1.54) is 24.3 Å². The summed E-state index contributed by atoms with van der Waals surface area (Å²) in [6.45, 7) is 0.135. The van der Waals surface area contributed by atoms with Crippen LogP contribution in [-0.2, 0) is 12.7 Å². The number of alkyl halides is 3. The minimum atomic E-state index is -4.46. The third-order valence-electron chi connectivity index (χ3n) is 2.78. The van der Waals surface area contributed by atoms with Crippen molar-refractivity contribution in [2.45, 2.75) is 12.7 Å². The Labute approximate surface area is 126 Å². The number of benzene rings is 2. The summed E-state index contributed by atoms with van der Waals surface area (Å²) in [6, 6.07) is 7.54. The van der Waals surface area contributed by atoms with Gasteiger partial charge in [-0.05, 0) is 35.9 Å². The Morgan fingerprint density at radius 3 is 2.43 bits per heavy atom. The molecule has 2 rings (SSSR count). The van der Waals surface area contributed by atoms with Crippen LogP contribution in [-0.4, -0.2) is 5.11 Å². The van der Waals surface area contributed by atoms with Crippen LogP contribution in [0.3, 0.4) is 0 Å². The van der Waals surface area contributed by atoms with Gasteiger partial charge in [0.15, 0.2) is 11.6 Å². The Morgan fingerprint density at radius 2 is 1.81 bits per heavy atom. The number of phenolic OH excluding ortho intramolecular Hbond substituents is 1. The number of nitrogens with one attached hydrogen (secondary N) is 1. The molecule has 0 unspecified atom stereocenters. The molecule has 0 aromatic heterocycles. The summed E-state index contributed by atoms with van der Waals surface area (Å²) < 4.78 is 51.4.